The van der Waals surface area contributed by atoms with Crippen LogP contribution in [0.3, 0.4) is 0 Å². The van der Waals surface area contributed by atoms with Gasteiger partial charge in [0.15, 0.2) is 0 Å². The summed E-state index contributed by atoms with van der Waals surface area (Å²) < 4.78 is 18.0. The van der Waals surface area contributed by atoms with E-state index in [0.29, 0.717) is 10.6 Å². The van der Waals surface area contributed by atoms with Crippen LogP contribution in [0, 0.1) is 5.82 Å². The Bertz CT molecular complexity index is 412. The summed E-state index contributed by atoms with van der Waals surface area (Å²) >= 11 is 5.70. The standard InChI is InChI=1S/C12H16ClFN2O2/c1-12(2,3)18-11(17)16-15-7-8-4-9(13)6-10(14)5-8/h4-6,15H,7H2,1-3H3,(H,16,17). The highest BCUT2D eigenvalue weighted by molar-refractivity contribution is 6.30. The first-order chi connectivity index (χ1) is 8.26. The quantitative estimate of drug-likeness (QED) is 0.833. The first-order valence-corrected chi connectivity index (χ1v) is 5.81. The average Bonchev–Trinajstić information content (AvgIpc) is 2.12. The minimum absolute atomic E-state index is 0.247. The Morgan fingerprint density at radius 1 is 1.39 bits per heavy atom. The summed E-state index contributed by atoms with van der Waals surface area (Å²) in [6, 6.07) is 4.15. The second-order valence-electron chi connectivity index (χ2n) is 4.76. The maximum absolute atomic E-state index is 13.0. The first-order valence-electron chi connectivity index (χ1n) is 5.43. The molecule has 0 aliphatic carbocycles. The van der Waals surface area contributed by atoms with Gasteiger partial charge in [-0.05, 0) is 44.5 Å². The van der Waals surface area contributed by atoms with E-state index in [1.807, 2.05) is 0 Å². The molecule has 100 valence electrons. The number of nitrogens with one attached hydrogen (secondary N) is 2. The Morgan fingerprint density at radius 2 is 2.06 bits per heavy atom. The fourth-order valence-corrected chi connectivity index (χ4v) is 1.48. The molecular weight excluding hydrogens is 259 g/mol. The van der Waals surface area contributed by atoms with Crippen LogP contribution in [-0.2, 0) is 11.3 Å². The van der Waals surface area contributed by atoms with Gasteiger partial charge in [-0.1, -0.05) is 11.6 Å². The molecule has 0 bridgehead atoms. The fourth-order valence-electron chi connectivity index (χ4n) is 1.24. The van der Waals surface area contributed by atoms with E-state index in [4.69, 9.17) is 16.3 Å². The lowest BCUT2D eigenvalue weighted by Gasteiger charge is -2.19. The summed E-state index contributed by atoms with van der Waals surface area (Å²) in [5.74, 6) is -0.420. The summed E-state index contributed by atoms with van der Waals surface area (Å²) in [6.07, 6.45) is -0.593. The van der Waals surface area contributed by atoms with E-state index in [0.717, 1.165) is 0 Å². The Morgan fingerprint density at radius 3 is 2.61 bits per heavy atom. The molecule has 1 rings (SSSR count). The lowest BCUT2D eigenvalue weighted by molar-refractivity contribution is 0.0497. The number of amides is 1. The molecule has 1 aromatic rings. The average molecular weight is 275 g/mol. The van der Waals surface area contributed by atoms with Crippen molar-refractivity contribution in [3.05, 3.63) is 34.6 Å². The summed E-state index contributed by atoms with van der Waals surface area (Å²) in [7, 11) is 0. The van der Waals surface area contributed by atoms with E-state index in [1.165, 1.54) is 12.1 Å². The monoisotopic (exact) mass is 274 g/mol. The molecule has 0 heterocycles. The van der Waals surface area contributed by atoms with Crippen LogP contribution in [0.1, 0.15) is 26.3 Å². The van der Waals surface area contributed by atoms with Gasteiger partial charge in [0.05, 0.1) is 0 Å². The molecule has 0 saturated heterocycles. The number of benzene rings is 1. The van der Waals surface area contributed by atoms with Crippen molar-refractivity contribution >= 4 is 17.7 Å². The van der Waals surface area contributed by atoms with Crippen LogP contribution < -0.4 is 10.9 Å². The third-order valence-electron chi connectivity index (χ3n) is 1.80. The zero-order chi connectivity index (χ0) is 13.8. The maximum atomic E-state index is 13.0. The number of carbonyl (C=O) groups excluding carboxylic acids is 1. The molecule has 2 N–H and O–H groups in total. The predicted molar refractivity (Wildman–Crippen MR) is 67.6 cm³/mol. The SMILES string of the molecule is CC(C)(C)OC(=O)NNCc1cc(F)cc(Cl)c1. The minimum Gasteiger partial charge on any atom is -0.443 e. The van der Waals surface area contributed by atoms with Crippen molar-refractivity contribution < 1.29 is 13.9 Å². The number of halogens is 2. The van der Waals surface area contributed by atoms with Crippen LogP contribution in [0.2, 0.25) is 5.02 Å². The van der Waals surface area contributed by atoms with E-state index < -0.39 is 17.5 Å². The van der Waals surface area contributed by atoms with Crippen molar-refractivity contribution in [2.45, 2.75) is 32.9 Å². The van der Waals surface area contributed by atoms with Crippen molar-refractivity contribution in [3.8, 4) is 0 Å². The minimum atomic E-state index is -0.593. The summed E-state index contributed by atoms with van der Waals surface area (Å²) in [5.41, 5.74) is 5.04. The molecule has 0 saturated carbocycles. The lowest BCUT2D eigenvalue weighted by Crippen LogP contribution is -2.40. The molecule has 0 aliphatic heterocycles. The van der Waals surface area contributed by atoms with Crippen LogP contribution in [-0.4, -0.2) is 11.7 Å². The fraction of sp³-hybridized carbons (Fsp3) is 0.417. The van der Waals surface area contributed by atoms with E-state index in [9.17, 15) is 9.18 Å². The normalized spacial score (nSPS) is 11.2. The summed E-state index contributed by atoms with van der Waals surface area (Å²) in [5, 5.41) is 0.309. The number of hydrazine groups is 1. The van der Waals surface area contributed by atoms with E-state index in [1.54, 1.807) is 26.8 Å². The van der Waals surface area contributed by atoms with Gasteiger partial charge in [-0.15, -0.1) is 0 Å². The zero-order valence-corrected chi connectivity index (χ0v) is 11.3. The summed E-state index contributed by atoms with van der Waals surface area (Å²) in [6.45, 7) is 5.54. The molecule has 0 aliphatic rings. The second kappa shape index (κ2) is 6.02. The molecule has 6 heteroatoms. The molecule has 0 radical (unpaired) electrons. The van der Waals surface area contributed by atoms with Gasteiger partial charge in [0.1, 0.15) is 11.4 Å². The third-order valence-corrected chi connectivity index (χ3v) is 2.02. The number of hydrogen-bond acceptors (Lipinski definition) is 3. The molecule has 18 heavy (non-hydrogen) atoms. The summed E-state index contributed by atoms with van der Waals surface area (Å²) in [4.78, 5) is 11.3. The van der Waals surface area contributed by atoms with Gasteiger partial charge >= 0.3 is 6.09 Å². The van der Waals surface area contributed by atoms with Crippen LogP contribution in [0.15, 0.2) is 18.2 Å². The van der Waals surface area contributed by atoms with Crippen LogP contribution in [0.5, 0.6) is 0 Å². The van der Waals surface area contributed by atoms with E-state index in [-0.39, 0.29) is 6.54 Å². The highest BCUT2D eigenvalue weighted by atomic mass is 35.5. The molecule has 0 unspecified atom stereocenters. The Hall–Kier alpha value is -1.33. The van der Waals surface area contributed by atoms with Crippen LogP contribution in [0.4, 0.5) is 9.18 Å². The van der Waals surface area contributed by atoms with Crippen molar-refractivity contribution in [3.63, 3.8) is 0 Å². The van der Waals surface area contributed by atoms with Crippen LogP contribution in [0.25, 0.3) is 0 Å². The molecule has 1 aromatic carbocycles. The van der Waals surface area contributed by atoms with Gasteiger partial charge in [-0.25, -0.2) is 14.6 Å². The Labute approximate surface area is 110 Å². The topological polar surface area (TPSA) is 50.4 Å². The van der Waals surface area contributed by atoms with Crippen molar-refractivity contribution in [2.75, 3.05) is 0 Å². The highest BCUT2D eigenvalue weighted by Crippen LogP contribution is 2.13. The molecule has 0 fully saturated rings. The van der Waals surface area contributed by atoms with E-state index in [2.05, 4.69) is 10.9 Å². The second-order valence-corrected chi connectivity index (χ2v) is 5.19. The van der Waals surface area contributed by atoms with Gasteiger partial charge in [0, 0.05) is 11.6 Å². The van der Waals surface area contributed by atoms with Crippen LogP contribution >= 0.6 is 11.6 Å². The Balaban J connectivity index is 2.40. The highest BCUT2D eigenvalue weighted by Gasteiger charge is 2.15. The van der Waals surface area contributed by atoms with Gasteiger partial charge in [-0.3, -0.25) is 5.43 Å². The molecule has 0 spiro atoms. The number of rotatable bonds is 3. The number of ether oxygens (including phenoxy) is 1. The molecule has 1 amide bonds. The Kier molecular flexibility index (Phi) is 4.93. The molecule has 4 nitrogen and oxygen atoms in total. The van der Waals surface area contributed by atoms with Crippen molar-refractivity contribution in [1.82, 2.24) is 10.9 Å². The zero-order valence-electron chi connectivity index (χ0n) is 10.5. The van der Waals surface area contributed by atoms with E-state index >= 15 is 0 Å². The maximum Gasteiger partial charge on any atom is 0.422 e. The smallest absolute Gasteiger partial charge is 0.422 e. The molecular formula is C12H16ClFN2O2. The predicted octanol–water partition coefficient (Wildman–Crippen LogP) is 3.01. The lowest BCUT2D eigenvalue weighted by atomic mass is 10.2. The largest absolute Gasteiger partial charge is 0.443 e. The molecule has 0 aromatic heterocycles. The van der Waals surface area contributed by atoms with Gasteiger partial charge in [0.2, 0.25) is 0 Å². The van der Waals surface area contributed by atoms with Crippen molar-refractivity contribution in [1.29, 1.82) is 0 Å². The van der Waals surface area contributed by atoms with Gasteiger partial charge in [0.25, 0.3) is 0 Å². The number of hydrogen-bond donors (Lipinski definition) is 2. The first kappa shape index (κ1) is 14.7. The number of carbonyl (C=O) groups is 1. The third kappa shape index (κ3) is 5.84. The van der Waals surface area contributed by atoms with Gasteiger partial charge < -0.3 is 4.74 Å². The van der Waals surface area contributed by atoms with Crippen molar-refractivity contribution in [2.24, 2.45) is 0 Å². The molecule has 0 atom stereocenters. The van der Waals surface area contributed by atoms with Gasteiger partial charge in [-0.2, -0.15) is 0 Å².